The number of imidazole rings is 1. The van der Waals surface area contributed by atoms with Crippen LogP contribution in [0.3, 0.4) is 0 Å². The Balaban J connectivity index is 1.87. The number of nitriles is 1. The first-order valence-electron chi connectivity index (χ1n) is 9.20. The van der Waals surface area contributed by atoms with E-state index in [2.05, 4.69) is 20.9 Å². The molecule has 0 saturated heterocycles. The van der Waals surface area contributed by atoms with Gasteiger partial charge in [0.2, 0.25) is 0 Å². The lowest BCUT2D eigenvalue weighted by atomic mass is 9.84. The van der Waals surface area contributed by atoms with Gasteiger partial charge in [0.1, 0.15) is 23.3 Å². The fourth-order valence-electron chi connectivity index (χ4n) is 3.69. The highest BCUT2D eigenvalue weighted by molar-refractivity contribution is 5.54. The topological polar surface area (TPSA) is 85.2 Å². The Labute approximate surface area is 164 Å². The van der Waals surface area contributed by atoms with E-state index in [-0.39, 0.29) is 0 Å². The van der Waals surface area contributed by atoms with Crippen molar-refractivity contribution in [3.63, 3.8) is 0 Å². The van der Waals surface area contributed by atoms with E-state index in [0.29, 0.717) is 17.9 Å². The van der Waals surface area contributed by atoms with Gasteiger partial charge in [0.25, 0.3) is 0 Å². The first kappa shape index (κ1) is 18.1. The molecule has 2 heterocycles. The fourth-order valence-corrected chi connectivity index (χ4v) is 3.69. The average molecular weight is 374 g/mol. The van der Waals surface area contributed by atoms with Gasteiger partial charge in [0.05, 0.1) is 24.2 Å². The highest BCUT2D eigenvalue weighted by atomic mass is 16.5. The molecule has 0 bridgehead atoms. The number of para-hydroxylation sites is 1. The number of rotatable bonds is 4. The second kappa shape index (κ2) is 7.02. The number of aromatic amines is 1. The van der Waals surface area contributed by atoms with Crippen molar-refractivity contribution >= 4 is 5.69 Å². The highest BCUT2D eigenvalue weighted by Gasteiger charge is 2.45. The number of aromatic nitrogens is 2. The minimum absolute atomic E-state index is 0.403. The Hall–Kier alpha value is -3.30. The number of nitrogens with zero attached hydrogens (tertiary/aromatic N) is 3. The molecule has 0 aliphatic carbocycles. The van der Waals surface area contributed by atoms with Gasteiger partial charge in [-0.2, -0.15) is 5.26 Å². The predicted molar refractivity (Wildman–Crippen MR) is 106 cm³/mol. The van der Waals surface area contributed by atoms with Crippen LogP contribution >= 0.6 is 0 Å². The smallest absolute Gasteiger partial charge is 0.132 e. The number of H-pyrrole nitrogens is 1. The van der Waals surface area contributed by atoms with Crippen LogP contribution in [0.15, 0.2) is 60.9 Å². The van der Waals surface area contributed by atoms with Crippen molar-refractivity contribution in [3.05, 3.63) is 77.9 Å². The van der Waals surface area contributed by atoms with Crippen LogP contribution in [0.25, 0.3) is 0 Å². The van der Waals surface area contributed by atoms with Gasteiger partial charge in [0.15, 0.2) is 0 Å². The van der Waals surface area contributed by atoms with Crippen LogP contribution in [-0.2, 0) is 6.54 Å². The lowest BCUT2D eigenvalue weighted by Gasteiger charge is -2.47. The normalized spacial score (nSPS) is 19.9. The molecule has 0 fully saturated rings. The van der Waals surface area contributed by atoms with Crippen LogP contribution in [0, 0.1) is 11.3 Å². The second-order valence-electron chi connectivity index (χ2n) is 7.46. The zero-order valence-electron chi connectivity index (χ0n) is 15.8. The molecule has 4 rings (SSSR count). The van der Waals surface area contributed by atoms with Gasteiger partial charge in [-0.3, -0.25) is 0 Å². The molecule has 0 spiro atoms. The van der Waals surface area contributed by atoms with Crippen molar-refractivity contribution in [1.29, 1.82) is 5.26 Å². The predicted octanol–water partition coefficient (Wildman–Crippen LogP) is 3.56. The number of fused-ring (bicyclic) bond motifs is 1. The number of hydrogen-bond acceptors (Lipinski definition) is 5. The van der Waals surface area contributed by atoms with Gasteiger partial charge >= 0.3 is 0 Å². The van der Waals surface area contributed by atoms with E-state index in [0.717, 1.165) is 17.1 Å². The molecule has 2 N–H and O–H groups in total. The molecule has 0 unspecified atom stereocenters. The van der Waals surface area contributed by atoms with E-state index in [1.807, 2.05) is 50.2 Å². The molecule has 1 aromatic heterocycles. The van der Waals surface area contributed by atoms with Gasteiger partial charge in [-0.25, -0.2) is 4.98 Å². The zero-order chi connectivity index (χ0) is 19.7. The molecule has 3 aromatic rings. The van der Waals surface area contributed by atoms with Crippen molar-refractivity contribution in [2.45, 2.75) is 38.1 Å². The number of nitrogens with one attached hydrogen (secondary N) is 1. The molecular weight excluding hydrogens is 352 g/mol. The van der Waals surface area contributed by atoms with E-state index in [9.17, 15) is 10.4 Å². The minimum Gasteiger partial charge on any atom is -0.485 e. The maximum atomic E-state index is 11.3. The number of benzene rings is 2. The molecule has 6 heteroatoms. The summed E-state index contributed by atoms with van der Waals surface area (Å²) in [5.74, 6) is 1.47. The van der Waals surface area contributed by atoms with Crippen LogP contribution < -0.4 is 9.64 Å². The largest absolute Gasteiger partial charge is 0.485 e. The molecule has 142 valence electrons. The molecule has 0 amide bonds. The van der Waals surface area contributed by atoms with Crippen LogP contribution in [-0.4, -0.2) is 26.8 Å². The summed E-state index contributed by atoms with van der Waals surface area (Å²) >= 11 is 0. The van der Waals surface area contributed by atoms with E-state index in [1.54, 1.807) is 24.5 Å². The van der Waals surface area contributed by atoms with Crippen molar-refractivity contribution in [2.24, 2.45) is 0 Å². The standard InChI is InChI=1S/C22H22N4O2/c1-22(2)21(27)20(17-12-15(13-23)8-9-18(17)28-22)26(14-19-24-10-11-25-19)16-6-4-3-5-7-16/h3-12,20-21,27H,14H2,1-2H3,(H,24,25)/t20-,21+/m0/s1. The van der Waals surface area contributed by atoms with Crippen LogP contribution in [0.1, 0.15) is 36.8 Å². The number of ether oxygens (including phenoxy) is 1. The van der Waals surface area contributed by atoms with Crippen molar-refractivity contribution in [2.75, 3.05) is 4.90 Å². The number of aliphatic hydroxyl groups is 1. The van der Waals surface area contributed by atoms with Crippen molar-refractivity contribution < 1.29 is 9.84 Å². The third-order valence-corrected chi connectivity index (χ3v) is 5.14. The monoisotopic (exact) mass is 374 g/mol. The van der Waals surface area contributed by atoms with Gasteiger partial charge < -0.3 is 19.7 Å². The summed E-state index contributed by atoms with van der Waals surface area (Å²) in [7, 11) is 0. The Morgan fingerprint density at radius 2 is 2.04 bits per heavy atom. The summed E-state index contributed by atoms with van der Waals surface area (Å²) in [4.78, 5) is 9.61. The number of aliphatic hydroxyl groups excluding tert-OH is 1. The first-order chi connectivity index (χ1) is 13.5. The van der Waals surface area contributed by atoms with E-state index in [1.165, 1.54) is 0 Å². The SMILES string of the molecule is CC1(C)Oc2ccc(C#N)cc2[C@H](N(Cc2ncc[nH]2)c2ccccc2)[C@H]1O. The highest BCUT2D eigenvalue weighted by Crippen LogP contribution is 2.45. The lowest BCUT2D eigenvalue weighted by Crippen LogP contribution is -2.53. The molecule has 2 aromatic carbocycles. The summed E-state index contributed by atoms with van der Waals surface area (Å²) in [5.41, 5.74) is 1.49. The molecule has 6 nitrogen and oxygen atoms in total. The zero-order valence-corrected chi connectivity index (χ0v) is 15.8. The van der Waals surface area contributed by atoms with Gasteiger partial charge in [0, 0.05) is 23.6 Å². The quantitative estimate of drug-likeness (QED) is 0.729. The van der Waals surface area contributed by atoms with E-state index >= 15 is 0 Å². The van der Waals surface area contributed by atoms with Gasteiger partial charge in [-0.15, -0.1) is 0 Å². The third-order valence-electron chi connectivity index (χ3n) is 5.14. The Morgan fingerprint density at radius 1 is 1.25 bits per heavy atom. The maximum absolute atomic E-state index is 11.3. The van der Waals surface area contributed by atoms with Gasteiger partial charge in [-0.1, -0.05) is 18.2 Å². The number of anilines is 1. The second-order valence-corrected chi connectivity index (χ2v) is 7.46. The summed E-state index contributed by atoms with van der Waals surface area (Å²) < 4.78 is 6.07. The van der Waals surface area contributed by atoms with Gasteiger partial charge in [-0.05, 0) is 44.2 Å². The van der Waals surface area contributed by atoms with Crippen LogP contribution in [0.2, 0.25) is 0 Å². The molecule has 0 saturated carbocycles. The minimum atomic E-state index is -0.816. The van der Waals surface area contributed by atoms with E-state index < -0.39 is 17.7 Å². The Bertz CT molecular complexity index is 993. The van der Waals surface area contributed by atoms with Crippen LogP contribution in [0.4, 0.5) is 5.69 Å². The lowest BCUT2D eigenvalue weighted by molar-refractivity contribution is -0.0590. The molecule has 1 aliphatic rings. The summed E-state index contributed by atoms with van der Waals surface area (Å²) in [6.07, 6.45) is 2.68. The molecule has 28 heavy (non-hydrogen) atoms. The molecular formula is C22H22N4O2. The van der Waals surface area contributed by atoms with Crippen molar-refractivity contribution in [1.82, 2.24) is 9.97 Å². The third kappa shape index (κ3) is 3.21. The summed E-state index contributed by atoms with van der Waals surface area (Å²) in [6, 6.07) is 17.0. The van der Waals surface area contributed by atoms with Crippen molar-refractivity contribution in [3.8, 4) is 11.8 Å². The first-order valence-corrected chi connectivity index (χ1v) is 9.20. The number of hydrogen-bond donors (Lipinski definition) is 2. The molecule has 2 atom stereocenters. The van der Waals surface area contributed by atoms with Crippen LogP contribution in [0.5, 0.6) is 5.75 Å². The Kier molecular flexibility index (Phi) is 4.54. The van der Waals surface area contributed by atoms with E-state index in [4.69, 9.17) is 4.74 Å². The molecule has 1 aliphatic heterocycles. The fraction of sp³-hybridized carbons (Fsp3) is 0.273. The maximum Gasteiger partial charge on any atom is 0.132 e. The summed E-state index contributed by atoms with van der Waals surface area (Å²) in [6.45, 7) is 4.23. The Morgan fingerprint density at radius 3 is 2.71 bits per heavy atom. The average Bonchev–Trinajstić information content (AvgIpc) is 3.21. The summed E-state index contributed by atoms with van der Waals surface area (Å²) in [5, 5.41) is 20.7. The molecule has 0 radical (unpaired) electrons.